The van der Waals surface area contributed by atoms with Gasteiger partial charge in [-0.3, -0.25) is 4.57 Å². The number of aromatic nitrogens is 2. The zero-order valence-corrected chi connectivity index (χ0v) is 16.9. The van der Waals surface area contributed by atoms with Crippen LogP contribution in [0, 0.1) is 0 Å². The highest BCUT2D eigenvalue weighted by atomic mass is 32.2. The second kappa shape index (κ2) is 7.65. The van der Waals surface area contributed by atoms with Crippen molar-refractivity contribution in [3.8, 4) is 28.9 Å². The van der Waals surface area contributed by atoms with Gasteiger partial charge in [-0.25, -0.2) is 4.98 Å². The van der Waals surface area contributed by atoms with E-state index < -0.39 is 0 Å². The Morgan fingerprint density at radius 1 is 1.11 bits per heavy atom. The smallest absolute Gasteiger partial charge is 0.213 e. The molecule has 144 valence electrons. The van der Waals surface area contributed by atoms with E-state index >= 15 is 0 Å². The van der Waals surface area contributed by atoms with Crippen LogP contribution in [0.5, 0.6) is 23.3 Å². The summed E-state index contributed by atoms with van der Waals surface area (Å²) in [5.74, 6) is 1.33. The number of aromatic hydroxyl groups is 2. The Bertz CT molecular complexity index is 1140. The van der Waals surface area contributed by atoms with Gasteiger partial charge in [0.25, 0.3) is 0 Å². The molecule has 0 radical (unpaired) electrons. The van der Waals surface area contributed by atoms with E-state index in [0.717, 1.165) is 20.3 Å². The summed E-state index contributed by atoms with van der Waals surface area (Å²) in [5, 5.41) is 21.0. The van der Waals surface area contributed by atoms with Crippen molar-refractivity contribution in [3.63, 3.8) is 0 Å². The fraction of sp³-hybridized carbons (Fsp3) is 0.150. The van der Waals surface area contributed by atoms with Crippen LogP contribution in [0.15, 0.2) is 57.8 Å². The molecule has 6 nitrogen and oxygen atoms in total. The minimum absolute atomic E-state index is 0.0509. The lowest BCUT2D eigenvalue weighted by Crippen LogP contribution is -1.93. The van der Waals surface area contributed by atoms with Crippen molar-refractivity contribution in [1.29, 1.82) is 0 Å². The molecule has 4 rings (SSSR count). The van der Waals surface area contributed by atoms with E-state index in [-0.39, 0.29) is 11.8 Å². The van der Waals surface area contributed by atoms with Gasteiger partial charge < -0.3 is 19.7 Å². The summed E-state index contributed by atoms with van der Waals surface area (Å²) in [5.41, 5.74) is 1.47. The summed E-state index contributed by atoms with van der Waals surface area (Å²) in [7, 11) is 1.57. The highest BCUT2D eigenvalue weighted by Gasteiger charge is 2.18. The molecule has 0 fully saturated rings. The molecule has 4 aromatic rings. The van der Waals surface area contributed by atoms with Crippen LogP contribution in [0.2, 0.25) is 0 Å². The number of benzene rings is 2. The SMILES string of the molecule is CCOc1ccc2nc(Sc3cc(O)n(-c4cccc(OC)c4)c3O)sc2c1. The molecule has 0 saturated carbocycles. The predicted molar refractivity (Wildman–Crippen MR) is 111 cm³/mol. The maximum Gasteiger partial charge on any atom is 0.213 e. The van der Waals surface area contributed by atoms with E-state index in [2.05, 4.69) is 4.98 Å². The summed E-state index contributed by atoms with van der Waals surface area (Å²) in [4.78, 5) is 5.11. The quantitative estimate of drug-likeness (QED) is 0.459. The normalized spacial score (nSPS) is 11.1. The van der Waals surface area contributed by atoms with Gasteiger partial charge in [-0.15, -0.1) is 11.3 Å². The van der Waals surface area contributed by atoms with Gasteiger partial charge >= 0.3 is 0 Å². The number of rotatable bonds is 6. The molecule has 2 N–H and O–H groups in total. The summed E-state index contributed by atoms with van der Waals surface area (Å²) < 4.78 is 13.9. The summed E-state index contributed by atoms with van der Waals surface area (Å²) >= 11 is 2.81. The first-order chi connectivity index (χ1) is 13.6. The Morgan fingerprint density at radius 2 is 1.96 bits per heavy atom. The molecule has 0 unspecified atom stereocenters. The standard InChI is InChI=1S/C20H18N2O4S2/c1-3-26-14-7-8-15-16(10-14)27-20(21-15)28-17-11-18(23)22(19(17)24)12-5-4-6-13(9-12)25-2/h4-11,23-24H,3H2,1-2H3. The van der Waals surface area contributed by atoms with E-state index in [1.54, 1.807) is 31.4 Å². The monoisotopic (exact) mass is 414 g/mol. The molecule has 8 heteroatoms. The number of methoxy groups -OCH3 is 1. The van der Waals surface area contributed by atoms with Gasteiger partial charge in [0.05, 0.1) is 34.5 Å². The molecule has 0 aliphatic heterocycles. The fourth-order valence-corrected chi connectivity index (χ4v) is 4.93. The van der Waals surface area contributed by atoms with E-state index in [9.17, 15) is 10.2 Å². The number of hydrogen-bond donors (Lipinski definition) is 2. The van der Waals surface area contributed by atoms with Crippen LogP contribution in [0.25, 0.3) is 15.9 Å². The molecule has 0 aliphatic carbocycles. The summed E-state index contributed by atoms with van der Waals surface area (Å²) in [6, 6.07) is 14.4. The van der Waals surface area contributed by atoms with Crippen LogP contribution in [0.1, 0.15) is 6.92 Å². The molecular formula is C20H18N2O4S2. The lowest BCUT2D eigenvalue weighted by molar-refractivity contribution is 0.341. The van der Waals surface area contributed by atoms with Crippen molar-refractivity contribution in [2.75, 3.05) is 13.7 Å². The van der Waals surface area contributed by atoms with Gasteiger partial charge in [-0.2, -0.15) is 0 Å². The molecule has 0 amide bonds. The Morgan fingerprint density at radius 3 is 2.75 bits per heavy atom. The lowest BCUT2D eigenvalue weighted by Gasteiger charge is -2.08. The first kappa shape index (κ1) is 18.5. The van der Waals surface area contributed by atoms with Crippen LogP contribution < -0.4 is 9.47 Å². The fourth-order valence-electron chi connectivity index (χ4n) is 2.82. The van der Waals surface area contributed by atoms with E-state index in [0.29, 0.717) is 22.9 Å². The first-order valence-corrected chi connectivity index (χ1v) is 10.2. The number of ether oxygens (including phenoxy) is 2. The molecule has 2 heterocycles. The summed E-state index contributed by atoms with van der Waals surface area (Å²) in [6.07, 6.45) is 0. The van der Waals surface area contributed by atoms with E-state index in [4.69, 9.17) is 9.47 Å². The van der Waals surface area contributed by atoms with Gasteiger partial charge in [0, 0.05) is 12.1 Å². The maximum absolute atomic E-state index is 10.7. The van der Waals surface area contributed by atoms with Crippen LogP contribution in [-0.4, -0.2) is 33.5 Å². The van der Waals surface area contributed by atoms with Gasteiger partial charge in [0.2, 0.25) is 5.88 Å². The van der Waals surface area contributed by atoms with Crippen molar-refractivity contribution in [3.05, 3.63) is 48.5 Å². The van der Waals surface area contributed by atoms with Crippen LogP contribution in [-0.2, 0) is 0 Å². The van der Waals surface area contributed by atoms with Crippen molar-refractivity contribution >= 4 is 33.3 Å². The van der Waals surface area contributed by atoms with Gasteiger partial charge in [-0.05, 0) is 37.3 Å². The average molecular weight is 415 g/mol. The Balaban J connectivity index is 1.66. The van der Waals surface area contributed by atoms with Gasteiger partial charge in [-0.1, -0.05) is 17.8 Å². The minimum Gasteiger partial charge on any atom is -0.497 e. The molecule has 0 atom stereocenters. The maximum atomic E-state index is 10.7. The second-order valence-electron chi connectivity index (χ2n) is 5.87. The molecular weight excluding hydrogens is 396 g/mol. The number of hydrogen-bond acceptors (Lipinski definition) is 7. The Labute approximate surface area is 170 Å². The van der Waals surface area contributed by atoms with E-state index in [1.165, 1.54) is 33.7 Å². The van der Waals surface area contributed by atoms with Gasteiger partial charge in [0.1, 0.15) is 11.5 Å². The number of thiazole rings is 1. The molecule has 0 spiro atoms. The third-order valence-corrected chi connectivity index (χ3v) is 6.18. The highest BCUT2D eigenvalue weighted by Crippen LogP contribution is 2.43. The number of nitrogens with zero attached hydrogens (tertiary/aromatic N) is 2. The van der Waals surface area contributed by atoms with E-state index in [1.807, 2.05) is 25.1 Å². The lowest BCUT2D eigenvalue weighted by atomic mass is 10.3. The van der Waals surface area contributed by atoms with Crippen LogP contribution in [0.4, 0.5) is 0 Å². The van der Waals surface area contributed by atoms with Crippen molar-refractivity contribution in [1.82, 2.24) is 9.55 Å². The van der Waals surface area contributed by atoms with Gasteiger partial charge in [0.15, 0.2) is 10.2 Å². The highest BCUT2D eigenvalue weighted by molar-refractivity contribution is 8.01. The van der Waals surface area contributed by atoms with Crippen LogP contribution >= 0.6 is 23.1 Å². The second-order valence-corrected chi connectivity index (χ2v) is 8.19. The molecule has 28 heavy (non-hydrogen) atoms. The van der Waals surface area contributed by atoms with Crippen molar-refractivity contribution < 1.29 is 19.7 Å². The zero-order valence-electron chi connectivity index (χ0n) is 15.2. The third kappa shape index (κ3) is 3.48. The zero-order chi connectivity index (χ0) is 19.7. The predicted octanol–water partition coefficient (Wildman–Crippen LogP) is 5.06. The molecule has 2 aromatic carbocycles. The number of fused-ring (bicyclic) bond motifs is 1. The average Bonchev–Trinajstić information content (AvgIpc) is 3.21. The molecule has 2 aromatic heterocycles. The third-order valence-electron chi connectivity index (χ3n) is 4.08. The molecule has 0 bridgehead atoms. The van der Waals surface area contributed by atoms with Crippen molar-refractivity contribution in [2.24, 2.45) is 0 Å². The minimum atomic E-state index is -0.0620. The molecule has 0 saturated heterocycles. The largest absolute Gasteiger partial charge is 0.497 e. The molecule has 0 aliphatic rings. The topological polar surface area (TPSA) is 76.7 Å². The Hall–Kier alpha value is -2.84. The summed E-state index contributed by atoms with van der Waals surface area (Å²) in [6.45, 7) is 2.55. The Kier molecular flexibility index (Phi) is 5.06. The van der Waals surface area contributed by atoms with Crippen molar-refractivity contribution in [2.45, 2.75) is 16.2 Å². The van der Waals surface area contributed by atoms with Crippen LogP contribution in [0.3, 0.4) is 0 Å². The first-order valence-electron chi connectivity index (χ1n) is 8.58.